The van der Waals surface area contributed by atoms with Gasteiger partial charge < -0.3 is 14.5 Å². The van der Waals surface area contributed by atoms with Gasteiger partial charge in [-0.3, -0.25) is 9.59 Å². The molecule has 0 bridgehead atoms. The lowest BCUT2D eigenvalue weighted by Gasteiger charge is -2.32. The number of nitrogens with zero attached hydrogens (tertiary/aromatic N) is 2. The molecule has 0 N–H and O–H groups in total. The molecule has 0 aromatic heterocycles. The molecule has 1 unspecified atom stereocenters. The fourth-order valence-electron chi connectivity index (χ4n) is 4.37. The molecule has 2 amide bonds. The number of ether oxygens (including phenoxy) is 1. The number of halogens is 1. The van der Waals surface area contributed by atoms with Crippen LogP contribution in [0.3, 0.4) is 0 Å². The van der Waals surface area contributed by atoms with Crippen LogP contribution < -0.4 is 4.74 Å². The molecular weight excluding hydrogens is 395 g/mol. The van der Waals surface area contributed by atoms with E-state index < -0.39 is 0 Å². The van der Waals surface area contributed by atoms with Crippen LogP contribution in [0.4, 0.5) is 4.39 Å². The SMILES string of the molecule is O=C(c1cccc(OCC2CCCN(C(=O)c3ccc(F)cc3)C2)c1)N1CCCCC1. The highest BCUT2D eigenvalue weighted by atomic mass is 19.1. The van der Waals surface area contributed by atoms with Crippen molar-refractivity contribution in [2.24, 2.45) is 5.92 Å². The van der Waals surface area contributed by atoms with Crippen molar-refractivity contribution in [3.05, 3.63) is 65.5 Å². The van der Waals surface area contributed by atoms with Crippen molar-refractivity contribution in [1.82, 2.24) is 9.80 Å². The number of carbonyl (C=O) groups excluding carboxylic acids is 2. The van der Waals surface area contributed by atoms with Crippen LogP contribution in [0.25, 0.3) is 0 Å². The molecule has 2 aromatic carbocycles. The predicted octanol–water partition coefficient (Wildman–Crippen LogP) is 4.38. The van der Waals surface area contributed by atoms with Gasteiger partial charge in [0.05, 0.1) is 6.61 Å². The Morgan fingerprint density at radius 3 is 2.35 bits per heavy atom. The molecule has 2 aliphatic rings. The van der Waals surface area contributed by atoms with Crippen molar-refractivity contribution in [2.45, 2.75) is 32.1 Å². The average Bonchev–Trinajstić information content (AvgIpc) is 2.83. The number of hydrogen-bond donors (Lipinski definition) is 0. The van der Waals surface area contributed by atoms with E-state index in [2.05, 4.69) is 0 Å². The van der Waals surface area contributed by atoms with Gasteiger partial charge in [0.1, 0.15) is 11.6 Å². The van der Waals surface area contributed by atoms with Gasteiger partial charge in [0, 0.05) is 43.2 Å². The van der Waals surface area contributed by atoms with E-state index in [-0.39, 0.29) is 23.5 Å². The van der Waals surface area contributed by atoms with Gasteiger partial charge in [-0.1, -0.05) is 6.07 Å². The number of carbonyl (C=O) groups is 2. The van der Waals surface area contributed by atoms with Gasteiger partial charge in [-0.2, -0.15) is 0 Å². The molecule has 5 nitrogen and oxygen atoms in total. The van der Waals surface area contributed by atoms with E-state index in [9.17, 15) is 14.0 Å². The first-order chi connectivity index (χ1) is 15.1. The molecule has 0 spiro atoms. The van der Waals surface area contributed by atoms with Crippen LogP contribution in [0, 0.1) is 11.7 Å². The summed E-state index contributed by atoms with van der Waals surface area (Å²) in [6.45, 7) is 3.46. The van der Waals surface area contributed by atoms with Gasteiger partial charge in [-0.05, 0) is 74.6 Å². The van der Waals surface area contributed by atoms with Crippen molar-refractivity contribution >= 4 is 11.8 Å². The van der Waals surface area contributed by atoms with Crippen LogP contribution in [-0.2, 0) is 0 Å². The minimum absolute atomic E-state index is 0.0684. The summed E-state index contributed by atoms with van der Waals surface area (Å²) in [7, 11) is 0. The summed E-state index contributed by atoms with van der Waals surface area (Å²) in [5.74, 6) is 0.560. The first kappa shape index (κ1) is 21.3. The van der Waals surface area contributed by atoms with Crippen LogP contribution >= 0.6 is 0 Å². The molecule has 0 saturated carbocycles. The van der Waals surface area contributed by atoms with Crippen LogP contribution in [0.5, 0.6) is 5.75 Å². The quantitative estimate of drug-likeness (QED) is 0.716. The molecule has 6 heteroatoms. The molecule has 2 aliphatic heterocycles. The minimum atomic E-state index is -0.345. The second kappa shape index (κ2) is 9.94. The lowest BCUT2D eigenvalue weighted by molar-refractivity contribution is 0.0631. The second-order valence-corrected chi connectivity index (χ2v) is 8.46. The van der Waals surface area contributed by atoms with Crippen molar-refractivity contribution < 1.29 is 18.7 Å². The third-order valence-corrected chi connectivity index (χ3v) is 6.11. The van der Waals surface area contributed by atoms with Crippen LogP contribution in [-0.4, -0.2) is 54.4 Å². The maximum Gasteiger partial charge on any atom is 0.253 e. The van der Waals surface area contributed by atoms with E-state index in [1.54, 1.807) is 0 Å². The lowest BCUT2D eigenvalue weighted by atomic mass is 9.98. The highest BCUT2D eigenvalue weighted by molar-refractivity contribution is 5.95. The van der Waals surface area contributed by atoms with Crippen LogP contribution in [0.15, 0.2) is 48.5 Å². The first-order valence-electron chi connectivity index (χ1n) is 11.2. The summed E-state index contributed by atoms with van der Waals surface area (Å²) < 4.78 is 19.1. The number of piperidine rings is 2. The van der Waals surface area contributed by atoms with E-state index >= 15 is 0 Å². The molecule has 2 aromatic rings. The zero-order chi connectivity index (χ0) is 21.6. The largest absolute Gasteiger partial charge is 0.493 e. The Labute approximate surface area is 182 Å². The Kier molecular flexibility index (Phi) is 6.85. The zero-order valence-corrected chi connectivity index (χ0v) is 17.8. The normalized spacial score (nSPS) is 19.2. The van der Waals surface area contributed by atoms with Crippen molar-refractivity contribution in [3.63, 3.8) is 0 Å². The van der Waals surface area contributed by atoms with Gasteiger partial charge in [-0.25, -0.2) is 4.39 Å². The smallest absolute Gasteiger partial charge is 0.253 e. The zero-order valence-electron chi connectivity index (χ0n) is 17.8. The molecule has 2 fully saturated rings. The highest BCUT2D eigenvalue weighted by Gasteiger charge is 2.25. The number of rotatable bonds is 5. The molecular formula is C25H29FN2O3. The number of amides is 2. The van der Waals surface area contributed by atoms with Crippen molar-refractivity contribution in [1.29, 1.82) is 0 Å². The van der Waals surface area contributed by atoms with Gasteiger partial charge >= 0.3 is 0 Å². The molecule has 4 rings (SSSR count). The maximum atomic E-state index is 13.1. The standard InChI is InChI=1S/C25H29FN2O3/c26-22-11-9-20(10-12-22)24(29)28-15-5-6-19(17-28)18-31-23-8-4-7-21(16-23)25(30)27-13-2-1-3-14-27/h4,7-12,16,19H,1-3,5-6,13-15,17-18H2. The van der Waals surface area contributed by atoms with E-state index in [1.807, 2.05) is 34.1 Å². The Morgan fingerprint density at radius 2 is 1.58 bits per heavy atom. The second-order valence-electron chi connectivity index (χ2n) is 8.46. The van der Waals surface area contributed by atoms with Crippen LogP contribution in [0.1, 0.15) is 52.8 Å². The Morgan fingerprint density at radius 1 is 0.871 bits per heavy atom. The Hall–Kier alpha value is -2.89. The van der Waals surface area contributed by atoms with Gasteiger partial charge in [0.15, 0.2) is 0 Å². The topological polar surface area (TPSA) is 49.9 Å². The molecule has 31 heavy (non-hydrogen) atoms. The molecule has 0 radical (unpaired) electrons. The third-order valence-electron chi connectivity index (χ3n) is 6.11. The summed E-state index contributed by atoms with van der Waals surface area (Å²) in [5.41, 5.74) is 1.17. The third kappa shape index (κ3) is 5.43. The summed E-state index contributed by atoms with van der Waals surface area (Å²) in [5, 5.41) is 0. The maximum absolute atomic E-state index is 13.1. The fraction of sp³-hybridized carbons (Fsp3) is 0.440. The van der Waals surface area contributed by atoms with Crippen molar-refractivity contribution in [3.8, 4) is 5.75 Å². The molecule has 2 heterocycles. The molecule has 164 valence electrons. The summed E-state index contributed by atoms with van der Waals surface area (Å²) in [6.07, 6.45) is 5.22. The fourth-order valence-corrected chi connectivity index (χ4v) is 4.37. The number of likely N-dealkylation sites (tertiary alicyclic amines) is 2. The number of hydrogen-bond acceptors (Lipinski definition) is 3. The summed E-state index contributed by atoms with van der Waals surface area (Å²) in [4.78, 5) is 29.2. The predicted molar refractivity (Wildman–Crippen MR) is 117 cm³/mol. The molecule has 1 atom stereocenters. The van der Waals surface area contributed by atoms with E-state index in [0.29, 0.717) is 36.6 Å². The van der Waals surface area contributed by atoms with E-state index in [4.69, 9.17) is 4.74 Å². The summed E-state index contributed by atoms with van der Waals surface area (Å²) >= 11 is 0. The Bertz CT molecular complexity index is 909. The first-order valence-corrected chi connectivity index (χ1v) is 11.2. The van der Waals surface area contributed by atoms with Gasteiger partial charge in [0.2, 0.25) is 0 Å². The Balaban J connectivity index is 1.33. The highest BCUT2D eigenvalue weighted by Crippen LogP contribution is 2.22. The summed E-state index contributed by atoms with van der Waals surface area (Å²) in [6, 6.07) is 13.1. The van der Waals surface area contributed by atoms with E-state index in [1.165, 1.54) is 30.7 Å². The molecule has 0 aliphatic carbocycles. The van der Waals surface area contributed by atoms with Crippen molar-refractivity contribution in [2.75, 3.05) is 32.8 Å². The monoisotopic (exact) mass is 424 g/mol. The van der Waals surface area contributed by atoms with E-state index in [0.717, 1.165) is 38.8 Å². The number of benzene rings is 2. The van der Waals surface area contributed by atoms with Crippen LogP contribution in [0.2, 0.25) is 0 Å². The lowest BCUT2D eigenvalue weighted by Crippen LogP contribution is -2.41. The average molecular weight is 425 g/mol. The minimum Gasteiger partial charge on any atom is -0.493 e. The van der Waals surface area contributed by atoms with Gasteiger partial charge in [-0.15, -0.1) is 0 Å². The van der Waals surface area contributed by atoms with Gasteiger partial charge in [0.25, 0.3) is 11.8 Å². The molecule has 2 saturated heterocycles.